The predicted octanol–water partition coefficient (Wildman–Crippen LogP) is 2.12. The molecule has 0 saturated carbocycles. The average molecular weight is 256 g/mol. The minimum absolute atomic E-state index is 0.179. The highest BCUT2D eigenvalue weighted by Gasteiger charge is 2.36. The summed E-state index contributed by atoms with van der Waals surface area (Å²) in [7, 11) is 2.05. The summed E-state index contributed by atoms with van der Waals surface area (Å²) in [4.78, 5) is 18.2. The van der Waals surface area contributed by atoms with Gasteiger partial charge >= 0.3 is 5.97 Å². The van der Waals surface area contributed by atoms with Gasteiger partial charge in [-0.05, 0) is 24.6 Å². The lowest BCUT2D eigenvalue weighted by Crippen LogP contribution is -2.33. The largest absolute Gasteiger partial charge is 0.461 e. The SMILES string of the molecule is CCOC(=O)C1=CC2c3ccccc3N(C)C2C=N1. The van der Waals surface area contributed by atoms with Crippen molar-refractivity contribution in [1.82, 2.24) is 0 Å². The van der Waals surface area contributed by atoms with Crippen LogP contribution in [0.1, 0.15) is 18.4 Å². The van der Waals surface area contributed by atoms with Crippen LogP contribution in [0.2, 0.25) is 0 Å². The Morgan fingerprint density at radius 1 is 1.42 bits per heavy atom. The highest BCUT2D eigenvalue weighted by molar-refractivity contribution is 5.93. The van der Waals surface area contributed by atoms with Crippen molar-refractivity contribution in [3.05, 3.63) is 41.6 Å². The molecular formula is C15H16N2O2. The Hall–Kier alpha value is -2.10. The third kappa shape index (κ3) is 1.84. The first kappa shape index (κ1) is 12.0. The maximum Gasteiger partial charge on any atom is 0.356 e. The van der Waals surface area contributed by atoms with Crippen molar-refractivity contribution in [1.29, 1.82) is 0 Å². The van der Waals surface area contributed by atoms with E-state index in [9.17, 15) is 4.79 Å². The van der Waals surface area contributed by atoms with E-state index in [2.05, 4.69) is 29.1 Å². The number of benzene rings is 1. The summed E-state index contributed by atoms with van der Waals surface area (Å²) < 4.78 is 5.01. The van der Waals surface area contributed by atoms with Gasteiger partial charge in [0.15, 0.2) is 0 Å². The number of esters is 1. The third-order valence-electron chi connectivity index (χ3n) is 3.68. The van der Waals surface area contributed by atoms with Crippen molar-refractivity contribution < 1.29 is 9.53 Å². The van der Waals surface area contributed by atoms with Gasteiger partial charge in [-0.3, -0.25) is 4.99 Å². The molecule has 4 nitrogen and oxygen atoms in total. The number of nitrogens with zero attached hydrogens (tertiary/aromatic N) is 2. The molecule has 0 radical (unpaired) electrons. The summed E-state index contributed by atoms with van der Waals surface area (Å²) >= 11 is 0. The van der Waals surface area contributed by atoms with Gasteiger partial charge in [0.1, 0.15) is 5.70 Å². The number of carbonyl (C=O) groups is 1. The molecule has 1 aromatic carbocycles. The fourth-order valence-corrected chi connectivity index (χ4v) is 2.75. The number of carbonyl (C=O) groups excluding carboxylic acids is 1. The molecule has 0 amide bonds. The van der Waals surface area contributed by atoms with Gasteiger partial charge in [0.2, 0.25) is 0 Å². The molecule has 19 heavy (non-hydrogen) atoms. The number of ether oxygens (including phenoxy) is 1. The van der Waals surface area contributed by atoms with Gasteiger partial charge in [0, 0.05) is 24.9 Å². The Labute approximate surface area is 112 Å². The minimum Gasteiger partial charge on any atom is -0.461 e. The van der Waals surface area contributed by atoms with E-state index in [4.69, 9.17) is 4.74 Å². The van der Waals surface area contributed by atoms with Crippen LogP contribution in [0.4, 0.5) is 5.69 Å². The molecule has 2 heterocycles. The summed E-state index contributed by atoms with van der Waals surface area (Å²) in [6, 6.07) is 8.45. The van der Waals surface area contributed by atoms with Crippen molar-refractivity contribution in [2.75, 3.05) is 18.6 Å². The topological polar surface area (TPSA) is 41.9 Å². The Kier molecular flexibility index (Phi) is 2.85. The fraction of sp³-hybridized carbons (Fsp3) is 0.333. The highest BCUT2D eigenvalue weighted by atomic mass is 16.5. The van der Waals surface area contributed by atoms with Crippen LogP contribution >= 0.6 is 0 Å². The van der Waals surface area contributed by atoms with Crippen LogP contribution in [0.25, 0.3) is 0 Å². The minimum atomic E-state index is -0.343. The van der Waals surface area contributed by atoms with Gasteiger partial charge in [0.05, 0.1) is 12.6 Å². The van der Waals surface area contributed by atoms with Gasteiger partial charge in [0.25, 0.3) is 0 Å². The fourth-order valence-electron chi connectivity index (χ4n) is 2.75. The second-order valence-electron chi connectivity index (χ2n) is 4.74. The summed E-state index contributed by atoms with van der Waals surface area (Å²) in [6.07, 6.45) is 3.77. The molecule has 0 aromatic heterocycles. The van der Waals surface area contributed by atoms with Crippen LogP contribution in [0.3, 0.4) is 0 Å². The lowest BCUT2D eigenvalue weighted by atomic mass is 9.93. The molecule has 2 atom stereocenters. The van der Waals surface area contributed by atoms with Crippen molar-refractivity contribution in [2.24, 2.45) is 4.99 Å². The number of para-hydroxylation sites is 1. The average Bonchev–Trinajstić information content (AvgIpc) is 2.73. The van der Waals surface area contributed by atoms with Crippen molar-refractivity contribution in [3.63, 3.8) is 0 Å². The third-order valence-corrected chi connectivity index (χ3v) is 3.68. The molecule has 2 aliphatic rings. The zero-order valence-corrected chi connectivity index (χ0v) is 11.0. The molecule has 0 aliphatic carbocycles. The lowest BCUT2D eigenvalue weighted by Gasteiger charge is -2.24. The van der Waals surface area contributed by atoms with E-state index >= 15 is 0 Å². The Morgan fingerprint density at radius 2 is 2.21 bits per heavy atom. The second-order valence-corrected chi connectivity index (χ2v) is 4.74. The molecule has 98 valence electrons. The van der Waals surface area contributed by atoms with Gasteiger partial charge in [-0.15, -0.1) is 0 Å². The summed E-state index contributed by atoms with van der Waals surface area (Å²) in [5.41, 5.74) is 2.85. The van der Waals surface area contributed by atoms with E-state index in [1.807, 2.05) is 24.4 Å². The van der Waals surface area contributed by atoms with E-state index in [0.717, 1.165) is 0 Å². The van der Waals surface area contributed by atoms with Crippen molar-refractivity contribution in [2.45, 2.75) is 18.9 Å². The normalized spacial score (nSPS) is 23.7. The Balaban J connectivity index is 1.97. The van der Waals surface area contributed by atoms with E-state index < -0.39 is 0 Å². The van der Waals surface area contributed by atoms with Crippen molar-refractivity contribution >= 4 is 17.9 Å². The number of rotatable bonds is 2. The zero-order valence-electron chi connectivity index (χ0n) is 11.0. The second kappa shape index (κ2) is 4.53. The van der Waals surface area contributed by atoms with Crippen LogP contribution in [0.5, 0.6) is 0 Å². The molecular weight excluding hydrogens is 240 g/mol. The molecule has 2 unspecified atom stereocenters. The Bertz CT molecular complexity index is 577. The Morgan fingerprint density at radius 3 is 3.00 bits per heavy atom. The van der Waals surface area contributed by atoms with E-state index in [1.54, 1.807) is 6.92 Å². The molecule has 3 rings (SSSR count). The first-order valence-electron chi connectivity index (χ1n) is 6.47. The summed E-state index contributed by atoms with van der Waals surface area (Å²) in [5, 5.41) is 0. The number of aliphatic imine (C=N–C) groups is 1. The molecule has 0 saturated heterocycles. The number of hydrogen-bond acceptors (Lipinski definition) is 4. The maximum atomic E-state index is 11.8. The summed E-state index contributed by atoms with van der Waals surface area (Å²) in [6.45, 7) is 2.17. The molecule has 0 spiro atoms. The van der Waals surface area contributed by atoms with Gasteiger partial charge in [-0.1, -0.05) is 18.2 Å². The first-order chi connectivity index (χ1) is 9.22. The molecule has 1 aromatic rings. The van der Waals surface area contributed by atoms with Crippen LogP contribution in [0, 0.1) is 0 Å². The zero-order chi connectivity index (χ0) is 13.4. The van der Waals surface area contributed by atoms with Gasteiger partial charge in [-0.2, -0.15) is 0 Å². The number of anilines is 1. The molecule has 4 heteroatoms. The van der Waals surface area contributed by atoms with E-state index in [-0.39, 0.29) is 17.9 Å². The van der Waals surface area contributed by atoms with Crippen LogP contribution in [-0.2, 0) is 9.53 Å². The quantitative estimate of drug-likeness (QED) is 0.761. The number of fused-ring (bicyclic) bond motifs is 3. The van der Waals surface area contributed by atoms with E-state index in [0.29, 0.717) is 12.3 Å². The van der Waals surface area contributed by atoms with Crippen LogP contribution in [-0.4, -0.2) is 31.9 Å². The van der Waals surface area contributed by atoms with Crippen molar-refractivity contribution in [3.8, 4) is 0 Å². The standard InChI is InChI=1S/C15H16N2O2/c1-3-19-15(18)12-8-11-10-6-4-5-7-13(10)17(2)14(11)9-16-12/h4-9,11,14H,3H2,1-2H3. The lowest BCUT2D eigenvalue weighted by molar-refractivity contribution is -0.138. The monoisotopic (exact) mass is 256 g/mol. The van der Waals surface area contributed by atoms with E-state index in [1.165, 1.54) is 11.3 Å². The van der Waals surface area contributed by atoms with Gasteiger partial charge in [-0.25, -0.2) is 4.79 Å². The van der Waals surface area contributed by atoms with Crippen LogP contribution < -0.4 is 4.90 Å². The molecule has 0 fully saturated rings. The van der Waals surface area contributed by atoms with Gasteiger partial charge < -0.3 is 9.64 Å². The molecule has 0 N–H and O–H groups in total. The number of likely N-dealkylation sites (N-methyl/N-ethyl adjacent to an activating group) is 1. The maximum absolute atomic E-state index is 11.8. The molecule has 0 bridgehead atoms. The first-order valence-corrected chi connectivity index (χ1v) is 6.47. The smallest absolute Gasteiger partial charge is 0.356 e. The number of hydrogen-bond donors (Lipinski definition) is 0. The predicted molar refractivity (Wildman–Crippen MR) is 74.6 cm³/mol. The molecule has 2 aliphatic heterocycles. The highest BCUT2D eigenvalue weighted by Crippen LogP contribution is 2.42. The van der Waals surface area contributed by atoms with Crippen LogP contribution in [0.15, 0.2) is 41.0 Å². The summed E-state index contributed by atoms with van der Waals surface area (Å²) in [5.74, 6) is -0.164.